The van der Waals surface area contributed by atoms with Gasteiger partial charge in [0, 0.05) is 24.1 Å². The Morgan fingerprint density at radius 3 is 2.70 bits per heavy atom. The van der Waals surface area contributed by atoms with Gasteiger partial charge in [0.1, 0.15) is 5.52 Å². The molecule has 1 unspecified atom stereocenters. The number of carbonyl (C=O) groups excluding carboxylic acids is 1. The van der Waals surface area contributed by atoms with Gasteiger partial charge in [0.15, 0.2) is 0 Å². The van der Waals surface area contributed by atoms with E-state index in [1.54, 1.807) is 16.8 Å². The van der Waals surface area contributed by atoms with E-state index in [0.29, 0.717) is 17.6 Å². The van der Waals surface area contributed by atoms with Gasteiger partial charge in [-0.3, -0.25) is 4.79 Å². The number of aromatic nitrogens is 3. The minimum Gasteiger partial charge on any atom is -0.392 e. The van der Waals surface area contributed by atoms with E-state index in [4.69, 9.17) is 0 Å². The van der Waals surface area contributed by atoms with Crippen molar-refractivity contribution in [2.24, 2.45) is 11.3 Å². The Kier molecular flexibility index (Phi) is 5.04. The average molecular weight is 318 g/mol. The first-order valence-electron chi connectivity index (χ1n) is 8.05. The number of nitrogens with zero attached hydrogens (tertiary/aromatic N) is 3. The van der Waals surface area contributed by atoms with Crippen LogP contribution in [0.5, 0.6) is 0 Å². The van der Waals surface area contributed by atoms with Crippen molar-refractivity contribution >= 4 is 16.9 Å². The van der Waals surface area contributed by atoms with Crippen LogP contribution in [0.1, 0.15) is 45.0 Å². The number of aliphatic hydroxyl groups excluding tert-OH is 1. The van der Waals surface area contributed by atoms with Crippen LogP contribution in [0.25, 0.3) is 11.0 Å². The Bertz CT molecular complexity index is 691. The van der Waals surface area contributed by atoms with Gasteiger partial charge >= 0.3 is 0 Å². The maximum Gasteiger partial charge on any atom is 0.251 e. The molecule has 0 aliphatic carbocycles. The number of amides is 1. The van der Waals surface area contributed by atoms with E-state index < -0.39 is 6.10 Å². The molecular formula is C17H26N4O2. The topological polar surface area (TPSA) is 80.0 Å². The van der Waals surface area contributed by atoms with Crippen LogP contribution >= 0.6 is 0 Å². The van der Waals surface area contributed by atoms with Crippen molar-refractivity contribution in [1.82, 2.24) is 20.3 Å². The largest absolute Gasteiger partial charge is 0.392 e. The highest BCUT2D eigenvalue weighted by atomic mass is 16.3. The number of hydrogen-bond donors (Lipinski definition) is 2. The van der Waals surface area contributed by atoms with Crippen LogP contribution in [0.4, 0.5) is 0 Å². The second kappa shape index (κ2) is 6.66. The van der Waals surface area contributed by atoms with Crippen molar-refractivity contribution in [2.75, 3.05) is 6.54 Å². The van der Waals surface area contributed by atoms with E-state index >= 15 is 0 Å². The van der Waals surface area contributed by atoms with Crippen LogP contribution in [-0.4, -0.2) is 38.7 Å². The Hall–Kier alpha value is -1.95. The Labute approximate surface area is 136 Å². The number of hydrogen-bond acceptors (Lipinski definition) is 4. The van der Waals surface area contributed by atoms with Crippen molar-refractivity contribution in [3.8, 4) is 0 Å². The van der Waals surface area contributed by atoms with Gasteiger partial charge < -0.3 is 10.4 Å². The predicted molar refractivity (Wildman–Crippen MR) is 90.2 cm³/mol. The Balaban J connectivity index is 2.09. The lowest BCUT2D eigenvalue weighted by atomic mass is 9.80. The van der Waals surface area contributed by atoms with Crippen molar-refractivity contribution in [1.29, 1.82) is 0 Å². The van der Waals surface area contributed by atoms with Crippen molar-refractivity contribution < 1.29 is 9.90 Å². The summed E-state index contributed by atoms with van der Waals surface area (Å²) in [6.07, 6.45) is -0.477. The maximum absolute atomic E-state index is 12.4. The smallest absolute Gasteiger partial charge is 0.251 e. The molecule has 1 heterocycles. The fourth-order valence-corrected chi connectivity index (χ4v) is 2.76. The minimum absolute atomic E-state index is 0.141. The lowest BCUT2D eigenvalue weighted by Gasteiger charge is -2.33. The number of benzene rings is 1. The molecule has 126 valence electrons. The van der Waals surface area contributed by atoms with Gasteiger partial charge in [0.2, 0.25) is 0 Å². The molecule has 2 aromatic rings. The number of rotatable bonds is 6. The first-order valence-corrected chi connectivity index (χ1v) is 8.05. The van der Waals surface area contributed by atoms with Gasteiger partial charge in [-0.25, -0.2) is 4.68 Å². The maximum atomic E-state index is 12.4. The van der Waals surface area contributed by atoms with E-state index in [0.717, 1.165) is 12.1 Å². The molecule has 1 aromatic heterocycles. The van der Waals surface area contributed by atoms with E-state index in [9.17, 15) is 9.90 Å². The number of carbonyl (C=O) groups is 1. The van der Waals surface area contributed by atoms with Gasteiger partial charge in [-0.1, -0.05) is 32.9 Å². The molecule has 0 aliphatic heterocycles. The van der Waals surface area contributed by atoms with Crippen molar-refractivity contribution in [2.45, 2.75) is 47.3 Å². The molecule has 23 heavy (non-hydrogen) atoms. The fraction of sp³-hybridized carbons (Fsp3) is 0.588. The molecule has 0 spiro atoms. The summed E-state index contributed by atoms with van der Waals surface area (Å²) in [5.41, 5.74) is 1.79. The zero-order valence-corrected chi connectivity index (χ0v) is 14.5. The monoisotopic (exact) mass is 318 g/mol. The molecule has 2 N–H and O–H groups in total. The van der Waals surface area contributed by atoms with Crippen LogP contribution in [0.3, 0.4) is 0 Å². The molecule has 1 amide bonds. The van der Waals surface area contributed by atoms with E-state index in [1.165, 1.54) is 0 Å². The second-order valence-electron chi connectivity index (χ2n) is 6.97. The van der Waals surface area contributed by atoms with Crippen LogP contribution in [0.15, 0.2) is 18.2 Å². The molecule has 0 saturated heterocycles. The van der Waals surface area contributed by atoms with Crippen LogP contribution in [0, 0.1) is 11.3 Å². The van der Waals surface area contributed by atoms with Gasteiger partial charge in [0.05, 0.1) is 11.6 Å². The Morgan fingerprint density at radius 2 is 2.09 bits per heavy atom. The molecule has 1 atom stereocenters. The molecule has 6 heteroatoms. The number of fused-ring (bicyclic) bond motifs is 1. The molecule has 6 nitrogen and oxygen atoms in total. The van der Waals surface area contributed by atoms with Gasteiger partial charge in [0.25, 0.3) is 5.91 Å². The lowest BCUT2D eigenvalue weighted by Crippen LogP contribution is -2.43. The zero-order chi connectivity index (χ0) is 17.2. The van der Waals surface area contributed by atoms with E-state index in [-0.39, 0.29) is 17.2 Å². The highest BCUT2D eigenvalue weighted by molar-refractivity contribution is 5.97. The summed E-state index contributed by atoms with van der Waals surface area (Å²) in [6.45, 7) is 11.0. The third kappa shape index (κ3) is 3.69. The molecular weight excluding hydrogens is 292 g/mol. The number of aliphatic hydroxyl groups is 1. The molecule has 0 radical (unpaired) electrons. The standard InChI is InChI=1S/C17H26N4O2/c1-6-21-14-8-7-12(9-13(14)19-20-21)16(23)18-10-17(4,5)15(22)11(2)3/h7-9,11,15,22H,6,10H2,1-5H3,(H,18,23). The van der Waals surface area contributed by atoms with Crippen LogP contribution < -0.4 is 5.32 Å². The molecule has 0 aliphatic rings. The van der Waals surface area contributed by atoms with Crippen LogP contribution in [0.2, 0.25) is 0 Å². The summed E-state index contributed by atoms with van der Waals surface area (Å²) >= 11 is 0. The van der Waals surface area contributed by atoms with Gasteiger partial charge in [-0.2, -0.15) is 0 Å². The number of aryl methyl sites for hydroxylation is 1. The van der Waals surface area contributed by atoms with Gasteiger partial charge in [-0.05, 0) is 31.0 Å². The average Bonchev–Trinajstić information content (AvgIpc) is 2.93. The molecule has 2 rings (SSSR count). The summed E-state index contributed by atoms with van der Waals surface area (Å²) in [6, 6.07) is 5.39. The van der Waals surface area contributed by atoms with Gasteiger partial charge in [-0.15, -0.1) is 5.10 Å². The predicted octanol–water partition coefficient (Wildman–Crippen LogP) is 2.22. The van der Waals surface area contributed by atoms with E-state index in [2.05, 4.69) is 15.6 Å². The SMILES string of the molecule is CCn1nnc2cc(C(=O)NCC(C)(C)C(O)C(C)C)ccc21. The third-order valence-corrected chi connectivity index (χ3v) is 4.21. The summed E-state index contributed by atoms with van der Waals surface area (Å²) in [4.78, 5) is 12.4. The normalized spacial score (nSPS) is 13.5. The highest BCUT2D eigenvalue weighted by Crippen LogP contribution is 2.25. The van der Waals surface area contributed by atoms with Crippen molar-refractivity contribution in [3.63, 3.8) is 0 Å². The van der Waals surface area contributed by atoms with Crippen molar-refractivity contribution in [3.05, 3.63) is 23.8 Å². The quantitative estimate of drug-likeness (QED) is 0.856. The fourth-order valence-electron chi connectivity index (χ4n) is 2.76. The third-order valence-electron chi connectivity index (χ3n) is 4.21. The zero-order valence-electron chi connectivity index (χ0n) is 14.5. The highest BCUT2D eigenvalue weighted by Gasteiger charge is 2.30. The number of nitrogens with one attached hydrogen (secondary N) is 1. The molecule has 1 aromatic carbocycles. The molecule has 0 saturated carbocycles. The summed E-state index contributed by atoms with van der Waals surface area (Å²) in [5, 5.41) is 21.3. The van der Waals surface area contributed by atoms with Crippen LogP contribution in [-0.2, 0) is 6.54 Å². The summed E-state index contributed by atoms with van der Waals surface area (Å²) < 4.78 is 1.79. The lowest BCUT2D eigenvalue weighted by molar-refractivity contribution is 0.0138. The molecule has 0 bridgehead atoms. The Morgan fingerprint density at radius 1 is 1.39 bits per heavy atom. The summed E-state index contributed by atoms with van der Waals surface area (Å²) in [5.74, 6) is -0.0238. The first-order chi connectivity index (χ1) is 10.8. The summed E-state index contributed by atoms with van der Waals surface area (Å²) in [7, 11) is 0. The first kappa shape index (κ1) is 17.4. The second-order valence-corrected chi connectivity index (χ2v) is 6.97. The minimum atomic E-state index is -0.477. The van der Waals surface area contributed by atoms with E-state index in [1.807, 2.05) is 40.7 Å². The molecule has 0 fully saturated rings.